The Kier molecular flexibility index (Phi) is 5.62. The molecule has 0 unspecified atom stereocenters. The number of nitrogens with one attached hydrogen (secondary N) is 1. The van der Waals surface area contributed by atoms with E-state index in [-0.39, 0.29) is 10.8 Å². The molecule has 1 fully saturated rings. The van der Waals surface area contributed by atoms with Crippen LogP contribution in [0.1, 0.15) is 25.5 Å². The van der Waals surface area contributed by atoms with Crippen LogP contribution in [-0.4, -0.2) is 43.6 Å². The van der Waals surface area contributed by atoms with Crippen molar-refractivity contribution in [2.45, 2.75) is 31.1 Å². The summed E-state index contributed by atoms with van der Waals surface area (Å²) in [7, 11) is -3.20. The van der Waals surface area contributed by atoms with Gasteiger partial charge in [0.25, 0.3) is 0 Å². The van der Waals surface area contributed by atoms with Gasteiger partial charge in [-0.25, -0.2) is 13.4 Å². The quantitative estimate of drug-likeness (QED) is 0.844. The van der Waals surface area contributed by atoms with Gasteiger partial charge in [0.1, 0.15) is 0 Å². The Labute approximate surface area is 158 Å². The van der Waals surface area contributed by atoms with Gasteiger partial charge in [0.2, 0.25) is 5.91 Å². The summed E-state index contributed by atoms with van der Waals surface area (Å²) in [4.78, 5) is 19.1. The van der Waals surface area contributed by atoms with Crippen LogP contribution in [0.15, 0.2) is 34.5 Å². The molecule has 0 atom stereocenters. The second-order valence-corrected chi connectivity index (χ2v) is 9.68. The molecule has 0 saturated carbocycles. The average Bonchev–Trinajstić information content (AvgIpc) is 3.02. The third kappa shape index (κ3) is 4.82. The van der Waals surface area contributed by atoms with E-state index in [0.717, 1.165) is 37.3 Å². The summed E-state index contributed by atoms with van der Waals surface area (Å²) in [5, 5.41) is 5.72. The summed E-state index contributed by atoms with van der Waals surface area (Å²) >= 11 is 1.43. The van der Waals surface area contributed by atoms with E-state index < -0.39 is 9.84 Å². The molecule has 1 aromatic carbocycles. The van der Waals surface area contributed by atoms with E-state index in [4.69, 9.17) is 0 Å². The lowest BCUT2D eigenvalue weighted by Gasteiger charge is -2.30. The van der Waals surface area contributed by atoms with Crippen LogP contribution in [0.3, 0.4) is 0 Å². The first-order chi connectivity index (χ1) is 12.3. The normalized spacial score (nSPS) is 15.8. The third-order valence-electron chi connectivity index (χ3n) is 4.55. The van der Waals surface area contributed by atoms with E-state index in [1.807, 2.05) is 10.3 Å². The SMILES string of the molecule is CC1CCN(C(=O)Cc2csc(Nc3ccc(S(C)(=O)=O)cc3)n2)CC1. The van der Waals surface area contributed by atoms with Crippen molar-refractivity contribution in [3.8, 4) is 0 Å². The van der Waals surface area contributed by atoms with Crippen LogP contribution in [-0.2, 0) is 21.1 Å². The number of sulfone groups is 1. The molecule has 0 aliphatic carbocycles. The minimum absolute atomic E-state index is 0.131. The highest BCUT2D eigenvalue weighted by atomic mass is 32.2. The van der Waals surface area contributed by atoms with E-state index in [0.29, 0.717) is 17.5 Å². The van der Waals surface area contributed by atoms with Crippen LogP contribution in [0.5, 0.6) is 0 Å². The summed E-state index contributed by atoms with van der Waals surface area (Å²) in [5.74, 6) is 0.828. The summed E-state index contributed by atoms with van der Waals surface area (Å²) < 4.78 is 23.0. The second kappa shape index (κ2) is 7.75. The lowest BCUT2D eigenvalue weighted by Crippen LogP contribution is -2.38. The van der Waals surface area contributed by atoms with Gasteiger partial charge in [0, 0.05) is 30.4 Å². The summed E-state index contributed by atoms with van der Waals surface area (Å²) in [6.07, 6.45) is 3.64. The fraction of sp³-hybridized carbons (Fsp3) is 0.444. The number of rotatable bonds is 5. The van der Waals surface area contributed by atoms with Gasteiger partial charge in [0.15, 0.2) is 15.0 Å². The van der Waals surface area contributed by atoms with E-state index in [9.17, 15) is 13.2 Å². The van der Waals surface area contributed by atoms with Gasteiger partial charge in [0.05, 0.1) is 17.0 Å². The van der Waals surface area contributed by atoms with Crippen molar-refractivity contribution in [2.75, 3.05) is 24.7 Å². The molecular weight excluding hydrogens is 370 g/mol. The first kappa shape index (κ1) is 18.8. The number of thiazole rings is 1. The first-order valence-electron chi connectivity index (χ1n) is 8.60. The van der Waals surface area contributed by atoms with Gasteiger partial charge in [-0.3, -0.25) is 4.79 Å². The molecule has 1 aliphatic heterocycles. The number of nitrogens with zero attached hydrogens (tertiary/aromatic N) is 2. The van der Waals surface area contributed by atoms with Gasteiger partial charge >= 0.3 is 0 Å². The van der Waals surface area contributed by atoms with Gasteiger partial charge in [-0.05, 0) is 43.0 Å². The zero-order valence-corrected chi connectivity index (χ0v) is 16.6. The number of amides is 1. The molecule has 8 heteroatoms. The van der Waals surface area contributed by atoms with Gasteiger partial charge < -0.3 is 10.2 Å². The maximum absolute atomic E-state index is 12.4. The summed E-state index contributed by atoms with van der Waals surface area (Å²) in [5.41, 5.74) is 1.52. The Bertz CT molecular complexity index is 867. The van der Waals surface area contributed by atoms with E-state index in [1.54, 1.807) is 24.3 Å². The number of likely N-dealkylation sites (tertiary alicyclic amines) is 1. The maximum atomic E-state index is 12.4. The topological polar surface area (TPSA) is 79.4 Å². The number of carbonyl (C=O) groups excluding carboxylic acids is 1. The highest BCUT2D eigenvalue weighted by Gasteiger charge is 2.21. The largest absolute Gasteiger partial charge is 0.342 e. The molecule has 2 heterocycles. The van der Waals surface area contributed by atoms with Gasteiger partial charge in [-0.15, -0.1) is 11.3 Å². The molecule has 1 aromatic heterocycles. The molecule has 6 nitrogen and oxygen atoms in total. The fourth-order valence-corrected chi connectivity index (χ4v) is 4.24. The van der Waals surface area contributed by atoms with Crippen molar-refractivity contribution >= 4 is 37.9 Å². The highest BCUT2D eigenvalue weighted by molar-refractivity contribution is 7.90. The van der Waals surface area contributed by atoms with Crippen molar-refractivity contribution in [3.63, 3.8) is 0 Å². The van der Waals surface area contributed by atoms with Gasteiger partial charge in [-0.1, -0.05) is 6.92 Å². The molecule has 3 rings (SSSR count). The zero-order chi connectivity index (χ0) is 18.7. The number of piperidine rings is 1. The van der Waals surface area contributed by atoms with Crippen LogP contribution >= 0.6 is 11.3 Å². The molecule has 0 bridgehead atoms. The average molecular weight is 394 g/mol. The fourth-order valence-electron chi connectivity index (χ4n) is 2.88. The number of benzene rings is 1. The number of carbonyl (C=O) groups is 1. The smallest absolute Gasteiger partial charge is 0.228 e. The minimum atomic E-state index is -3.20. The van der Waals surface area contributed by atoms with E-state index >= 15 is 0 Å². The van der Waals surface area contributed by atoms with Crippen LogP contribution in [0.25, 0.3) is 0 Å². The Hall–Kier alpha value is -1.93. The lowest BCUT2D eigenvalue weighted by molar-refractivity contribution is -0.131. The van der Waals surface area contributed by atoms with Crippen molar-refractivity contribution < 1.29 is 13.2 Å². The molecular formula is C18H23N3O3S2. The number of anilines is 2. The minimum Gasteiger partial charge on any atom is -0.342 e. The summed E-state index contributed by atoms with van der Waals surface area (Å²) in [6, 6.07) is 6.54. The van der Waals surface area contributed by atoms with Crippen LogP contribution in [0.2, 0.25) is 0 Å². The van der Waals surface area contributed by atoms with Crippen LogP contribution < -0.4 is 5.32 Å². The summed E-state index contributed by atoms with van der Waals surface area (Å²) in [6.45, 7) is 3.90. The second-order valence-electron chi connectivity index (χ2n) is 6.81. The predicted octanol–water partition coefficient (Wildman–Crippen LogP) is 3.09. The molecule has 1 amide bonds. The van der Waals surface area contributed by atoms with E-state index in [2.05, 4.69) is 17.2 Å². The number of aromatic nitrogens is 1. The Morgan fingerprint density at radius 3 is 2.54 bits per heavy atom. The molecule has 26 heavy (non-hydrogen) atoms. The molecule has 2 aromatic rings. The number of hydrogen-bond acceptors (Lipinski definition) is 6. The lowest BCUT2D eigenvalue weighted by atomic mass is 9.99. The van der Waals surface area contributed by atoms with Crippen molar-refractivity contribution in [3.05, 3.63) is 35.3 Å². The highest BCUT2D eigenvalue weighted by Crippen LogP contribution is 2.23. The zero-order valence-electron chi connectivity index (χ0n) is 14.9. The predicted molar refractivity (Wildman–Crippen MR) is 104 cm³/mol. The van der Waals surface area contributed by atoms with Crippen molar-refractivity contribution in [1.29, 1.82) is 0 Å². The Balaban J connectivity index is 1.58. The van der Waals surface area contributed by atoms with Crippen LogP contribution in [0, 0.1) is 5.92 Å². The van der Waals surface area contributed by atoms with Crippen LogP contribution in [0.4, 0.5) is 10.8 Å². The third-order valence-corrected chi connectivity index (χ3v) is 6.49. The number of hydrogen-bond donors (Lipinski definition) is 1. The van der Waals surface area contributed by atoms with Crippen molar-refractivity contribution in [1.82, 2.24) is 9.88 Å². The molecule has 1 aliphatic rings. The Morgan fingerprint density at radius 1 is 1.27 bits per heavy atom. The molecule has 0 radical (unpaired) electrons. The molecule has 0 spiro atoms. The van der Waals surface area contributed by atoms with Crippen molar-refractivity contribution in [2.24, 2.45) is 5.92 Å². The monoisotopic (exact) mass is 393 g/mol. The maximum Gasteiger partial charge on any atom is 0.228 e. The Morgan fingerprint density at radius 2 is 1.92 bits per heavy atom. The molecule has 1 saturated heterocycles. The standard InChI is InChI=1S/C18H23N3O3S2/c1-13-7-9-21(10-8-13)17(22)11-15-12-25-18(20-15)19-14-3-5-16(6-4-14)26(2,23)24/h3-6,12-13H,7-11H2,1-2H3,(H,19,20). The first-order valence-corrected chi connectivity index (χ1v) is 11.4. The molecule has 140 valence electrons. The van der Waals surface area contributed by atoms with Gasteiger partial charge in [-0.2, -0.15) is 0 Å². The molecule has 1 N–H and O–H groups in total. The van der Waals surface area contributed by atoms with E-state index in [1.165, 1.54) is 17.6 Å².